The number of nitrogens with zero attached hydrogens (tertiary/aromatic N) is 1. The standard InChI is InChI=1S/C19H21ClFN3O3S/c20-17-5-2-6-18(21)16(17)12-24(14-7-8-14)10-9-19(25)23-13-3-1-4-15(11-13)28(22,26)27/h1-6,11,14H,7-10,12H2,(H,23,25)(H2,22,26,27). The first-order valence-electron chi connectivity index (χ1n) is 8.83. The minimum Gasteiger partial charge on any atom is -0.326 e. The molecule has 6 nitrogen and oxygen atoms in total. The van der Waals surface area contributed by atoms with Gasteiger partial charge in [0.2, 0.25) is 15.9 Å². The molecular weight excluding hydrogens is 405 g/mol. The van der Waals surface area contributed by atoms with Crippen LogP contribution in [-0.2, 0) is 21.4 Å². The lowest BCUT2D eigenvalue weighted by atomic mass is 10.2. The van der Waals surface area contributed by atoms with Crippen molar-refractivity contribution >= 4 is 33.2 Å². The second-order valence-electron chi connectivity index (χ2n) is 6.77. The summed E-state index contributed by atoms with van der Waals surface area (Å²) in [6.07, 6.45) is 2.19. The van der Waals surface area contributed by atoms with Crippen LogP contribution in [0, 0.1) is 5.82 Å². The summed E-state index contributed by atoms with van der Waals surface area (Å²) in [6.45, 7) is 0.778. The number of halogens is 2. The third-order valence-electron chi connectivity index (χ3n) is 4.56. The fraction of sp³-hybridized carbons (Fsp3) is 0.316. The minimum atomic E-state index is -3.84. The summed E-state index contributed by atoms with van der Waals surface area (Å²) in [5.74, 6) is -0.626. The highest BCUT2D eigenvalue weighted by Crippen LogP contribution is 2.30. The number of sulfonamides is 1. The molecule has 0 unspecified atom stereocenters. The number of rotatable bonds is 8. The quantitative estimate of drug-likeness (QED) is 0.679. The highest BCUT2D eigenvalue weighted by atomic mass is 35.5. The third kappa shape index (κ3) is 5.51. The molecule has 0 radical (unpaired) electrons. The molecule has 1 aliphatic rings. The number of anilines is 1. The molecule has 2 aromatic carbocycles. The molecule has 0 heterocycles. The van der Waals surface area contributed by atoms with Crippen molar-refractivity contribution in [2.45, 2.75) is 36.7 Å². The van der Waals surface area contributed by atoms with Crippen molar-refractivity contribution in [3.63, 3.8) is 0 Å². The summed E-state index contributed by atoms with van der Waals surface area (Å²) in [7, 11) is -3.84. The van der Waals surface area contributed by atoms with Gasteiger partial charge in [0.1, 0.15) is 5.82 Å². The predicted molar refractivity (Wildman–Crippen MR) is 106 cm³/mol. The average molecular weight is 426 g/mol. The number of carbonyl (C=O) groups is 1. The molecule has 0 aliphatic heterocycles. The van der Waals surface area contributed by atoms with Gasteiger partial charge in [-0.2, -0.15) is 0 Å². The van der Waals surface area contributed by atoms with E-state index in [1.54, 1.807) is 18.2 Å². The number of nitrogens with one attached hydrogen (secondary N) is 1. The molecule has 9 heteroatoms. The van der Waals surface area contributed by atoms with Crippen molar-refractivity contribution in [3.05, 3.63) is 58.9 Å². The second kappa shape index (κ2) is 8.57. The van der Waals surface area contributed by atoms with Crippen LogP contribution in [0.3, 0.4) is 0 Å². The Hall–Kier alpha value is -2.00. The highest BCUT2D eigenvalue weighted by molar-refractivity contribution is 7.89. The normalized spacial score (nSPS) is 14.3. The molecule has 0 aromatic heterocycles. The van der Waals surface area contributed by atoms with Crippen LogP contribution in [0.5, 0.6) is 0 Å². The predicted octanol–water partition coefficient (Wildman–Crippen LogP) is 3.12. The molecule has 150 valence electrons. The zero-order valence-electron chi connectivity index (χ0n) is 15.1. The van der Waals surface area contributed by atoms with Crippen molar-refractivity contribution in [1.29, 1.82) is 0 Å². The maximum absolute atomic E-state index is 14.1. The van der Waals surface area contributed by atoms with Crippen LogP contribution in [0.1, 0.15) is 24.8 Å². The molecule has 3 rings (SSSR count). The van der Waals surface area contributed by atoms with E-state index in [9.17, 15) is 17.6 Å². The molecule has 1 amide bonds. The Morgan fingerprint density at radius 3 is 2.61 bits per heavy atom. The van der Waals surface area contributed by atoms with Gasteiger partial charge in [0.15, 0.2) is 0 Å². The van der Waals surface area contributed by atoms with Crippen molar-refractivity contribution < 1.29 is 17.6 Å². The maximum atomic E-state index is 14.1. The fourth-order valence-corrected chi connectivity index (χ4v) is 3.72. The Bertz CT molecular complexity index is 960. The second-order valence-corrected chi connectivity index (χ2v) is 8.74. The van der Waals surface area contributed by atoms with Crippen LogP contribution < -0.4 is 10.5 Å². The van der Waals surface area contributed by atoms with Gasteiger partial charge in [-0.1, -0.05) is 23.7 Å². The van der Waals surface area contributed by atoms with E-state index in [-0.39, 0.29) is 23.0 Å². The van der Waals surface area contributed by atoms with Crippen molar-refractivity contribution in [2.75, 3.05) is 11.9 Å². The molecule has 1 aliphatic carbocycles. The van der Waals surface area contributed by atoms with Gasteiger partial charge in [0.25, 0.3) is 0 Å². The number of primary sulfonamides is 1. The van der Waals surface area contributed by atoms with Crippen LogP contribution in [0.4, 0.5) is 10.1 Å². The van der Waals surface area contributed by atoms with Gasteiger partial charge in [-0.25, -0.2) is 17.9 Å². The number of carbonyl (C=O) groups excluding carboxylic acids is 1. The SMILES string of the molecule is NS(=O)(=O)c1cccc(NC(=O)CCN(Cc2c(F)cccc2Cl)C2CC2)c1. The van der Waals surface area contributed by atoms with Crippen molar-refractivity contribution in [2.24, 2.45) is 5.14 Å². The van der Waals surface area contributed by atoms with E-state index in [0.717, 1.165) is 12.8 Å². The van der Waals surface area contributed by atoms with E-state index in [0.29, 0.717) is 35.4 Å². The smallest absolute Gasteiger partial charge is 0.238 e. The Morgan fingerprint density at radius 2 is 1.96 bits per heavy atom. The molecule has 0 atom stereocenters. The maximum Gasteiger partial charge on any atom is 0.238 e. The lowest BCUT2D eigenvalue weighted by Gasteiger charge is -2.22. The van der Waals surface area contributed by atoms with Crippen LogP contribution in [0.15, 0.2) is 47.4 Å². The number of hydrogen-bond donors (Lipinski definition) is 2. The topological polar surface area (TPSA) is 92.5 Å². The van der Waals surface area contributed by atoms with Gasteiger partial charge in [-0.15, -0.1) is 0 Å². The summed E-state index contributed by atoms with van der Waals surface area (Å²) in [5.41, 5.74) is 0.781. The van der Waals surface area contributed by atoms with Gasteiger partial charge >= 0.3 is 0 Å². The number of amides is 1. The van der Waals surface area contributed by atoms with E-state index < -0.39 is 10.0 Å². The van der Waals surface area contributed by atoms with Crippen LogP contribution in [0.25, 0.3) is 0 Å². The van der Waals surface area contributed by atoms with Crippen molar-refractivity contribution in [3.8, 4) is 0 Å². The monoisotopic (exact) mass is 425 g/mol. The molecule has 28 heavy (non-hydrogen) atoms. The number of hydrogen-bond acceptors (Lipinski definition) is 4. The Morgan fingerprint density at radius 1 is 1.25 bits per heavy atom. The van der Waals surface area contributed by atoms with Gasteiger partial charge in [-0.3, -0.25) is 9.69 Å². The molecule has 3 N–H and O–H groups in total. The zero-order chi connectivity index (χ0) is 20.3. The first-order valence-corrected chi connectivity index (χ1v) is 10.8. The molecule has 2 aromatic rings. The molecule has 0 bridgehead atoms. The first-order chi connectivity index (χ1) is 13.2. The van der Waals surface area contributed by atoms with E-state index in [1.807, 2.05) is 4.90 Å². The summed E-state index contributed by atoms with van der Waals surface area (Å²) < 4.78 is 36.9. The summed E-state index contributed by atoms with van der Waals surface area (Å²) in [6, 6.07) is 10.7. The van der Waals surface area contributed by atoms with Gasteiger partial charge < -0.3 is 5.32 Å². The van der Waals surface area contributed by atoms with Crippen LogP contribution in [-0.4, -0.2) is 31.8 Å². The molecule has 1 fully saturated rings. The van der Waals surface area contributed by atoms with E-state index >= 15 is 0 Å². The Kier molecular flexibility index (Phi) is 6.34. The van der Waals surface area contributed by atoms with E-state index in [1.165, 1.54) is 24.3 Å². The largest absolute Gasteiger partial charge is 0.326 e. The number of benzene rings is 2. The van der Waals surface area contributed by atoms with E-state index in [2.05, 4.69) is 5.32 Å². The third-order valence-corrected chi connectivity index (χ3v) is 5.82. The van der Waals surface area contributed by atoms with Crippen LogP contribution >= 0.6 is 11.6 Å². The van der Waals surface area contributed by atoms with Gasteiger partial charge in [0.05, 0.1) is 4.90 Å². The molecular formula is C19H21ClFN3O3S. The van der Waals surface area contributed by atoms with Gasteiger partial charge in [0, 0.05) is 41.8 Å². The molecule has 0 saturated heterocycles. The van der Waals surface area contributed by atoms with Crippen LogP contribution in [0.2, 0.25) is 5.02 Å². The molecule has 1 saturated carbocycles. The summed E-state index contributed by atoms with van der Waals surface area (Å²) >= 11 is 6.12. The first kappa shape index (κ1) is 20.7. The van der Waals surface area contributed by atoms with Gasteiger partial charge in [-0.05, 0) is 43.2 Å². The Labute approximate surface area is 168 Å². The Balaban J connectivity index is 1.61. The van der Waals surface area contributed by atoms with Crippen molar-refractivity contribution in [1.82, 2.24) is 4.90 Å². The zero-order valence-corrected chi connectivity index (χ0v) is 16.6. The average Bonchev–Trinajstić information content (AvgIpc) is 3.45. The fourth-order valence-electron chi connectivity index (χ4n) is 2.94. The summed E-state index contributed by atoms with van der Waals surface area (Å²) in [5, 5.41) is 8.14. The lowest BCUT2D eigenvalue weighted by molar-refractivity contribution is -0.116. The summed E-state index contributed by atoms with van der Waals surface area (Å²) in [4.78, 5) is 14.3. The lowest BCUT2D eigenvalue weighted by Crippen LogP contribution is -2.30. The van der Waals surface area contributed by atoms with E-state index in [4.69, 9.17) is 16.7 Å². The highest BCUT2D eigenvalue weighted by Gasteiger charge is 2.30. The molecule has 0 spiro atoms. The minimum absolute atomic E-state index is 0.0703. The number of nitrogens with two attached hydrogens (primary N) is 1.